The van der Waals surface area contributed by atoms with Crippen LogP contribution in [-0.2, 0) is 19.1 Å². The standard InChI is InChI=1S/C13H22N2O5/c1-14(5-3-4-12(17)18)13(19)10-8-11(16)15(9-10)6-7-20-2/h10H,3-9H2,1-2H3,(H,17,18). The molecule has 0 aliphatic carbocycles. The van der Waals surface area contributed by atoms with Crippen molar-refractivity contribution in [2.75, 3.05) is 40.4 Å². The fraction of sp³-hybridized carbons (Fsp3) is 0.769. The topological polar surface area (TPSA) is 87.2 Å². The van der Waals surface area contributed by atoms with E-state index in [0.29, 0.717) is 32.7 Å². The van der Waals surface area contributed by atoms with Crippen molar-refractivity contribution in [2.45, 2.75) is 19.3 Å². The van der Waals surface area contributed by atoms with Crippen LogP contribution in [0, 0.1) is 5.92 Å². The highest BCUT2D eigenvalue weighted by atomic mass is 16.5. The zero-order valence-corrected chi connectivity index (χ0v) is 12.0. The molecule has 1 atom stereocenters. The molecule has 0 bridgehead atoms. The van der Waals surface area contributed by atoms with Crippen LogP contribution in [0.4, 0.5) is 0 Å². The minimum atomic E-state index is -0.868. The second-order valence-electron chi connectivity index (χ2n) is 4.99. The summed E-state index contributed by atoms with van der Waals surface area (Å²) in [6.07, 6.45) is 0.693. The van der Waals surface area contributed by atoms with Crippen molar-refractivity contribution >= 4 is 17.8 Å². The third kappa shape index (κ3) is 4.80. The Bertz CT molecular complexity index is 372. The number of carbonyl (C=O) groups excluding carboxylic acids is 2. The predicted molar refractivity (Wildman–Crippen MR) is 71.1 cm³/mol. The van der Waals surface area contributed by atoms with Gasteiger partial charge in [-0.25, -0.2) is 0 Å². The lowest BCUT2D eigenvalue weighted by Crippen LogP contribution is -2.36. The summed E-state index contributed by atoms with van der Waals surface area (Å²) in [5, 5.41) is 8.56. The quantitative estimate of drug-likeness (QED) is 0.668. The molecule has 20 heavy (non-hydrogen) atoms. The van der Waals surface area contributed by atoms with Crippen LogP contribution in [0.3, 0.4) is 0 Å². The number of carbonyl (C=O) groups is 3. The maximum atomic E-state index is 12.2. The Morgan fingerprint density at radius 3 is 2.80 bits per heavy atom. The molecule has 2 amide bonds. The maximum Gasteiger partial charge on any atom is 0.303 e. The van der Waals surface area contributed by atoms with Crippen molar-refractivity contribution in [1.82, 2.24) is 9.80 Å². The summed E-state index contributed by atoms with van der Waals surface area (Å²) < 4.78 is 4.93. The molecule has 0 spiro atoms. The van der Waals surface area contributed by atoms with Crippen molar-refractivity contribution in [3.63, 3.8) is 0 Å². The second-order valence-corrected chi connectivity index (χ2v) is 4.99. The first-order chi connectivity index (χ1) is 9.45. The molecule has 1 fully saturated rings. The molecule has 0 radical (unpaired) electrons. The van der Waals surface area contributed by atoms with E-state index >= 15 is 0 Å². The first-order valence-electron chi connectivity index (χ1n) is 6.69. The second kappa shape index (κ2) is 7.84. The molecule has 7 nitrogen and oxygen atoms in total. The highest BCUT2D eigenvalue weighted by molar-refractivity contribution is 5.89. The molecule has 1 heterocycles. The Hall–Kier alpha value is -1.63. The number of amides is 2. The van der Waals surface area contributed by atoms with E-state index in [4.69, 9.17) is 9.84 Å². The fourth-order valence-electron chi connectivity index (χ4n) is 2.24. The van der Waals surface area contributed by atoms with Crippen LogP contribution in [0.15, 0.2) is 0 Å². The highest BCUT2D eigenvalue weighted by Gasteiger charge is 2.35. The molecule has 1 unspecified atom stereocenters. The third-order valence-corrected chi connectivity index (χ3v) is 3.39. The van der Waals surface area contributed by atoms with Gasteiger partial charge in [0.15, 0.2) is 0 Å². The molecule has 1 N–H and O–H groups in total. The van der Waals surface area contributed by atoms with E-state index in [0.717, 1.165) is 0 Å². The number of rotatable bonds is 8. The van der Waals surface area contributed by atoms with Crippen LogP contribution in [0.1, 0.15) is 19.3 Å². The summed E-state index contributed by atoms with van der Waals surface area (Å²) in [4.78, 5) is 37.5. The number of hydrogen-bond donors (Lipinski definition) is 1. The zero-order valence-electron chi connectivity index (χ0n) is 12.0. The van der Waals surface area contributed by atoms with Gasteiger partial charge in [0.25, 0.3) is 0 Å². The van der Waals surface area contributed by atoms with Gasteiger partial charge in [0.05, 0.1) is 12.5 Å². The van der Waals surface area contributed by atoms with Crippen LogP contribution in [0.5, 0.6) is 0 Å². The summed E-state index contributed by atoms with van der Waals surface area (Å²) >= 11 is 0. The van der Waals surface area contributed by atoms with Crippen molar-refractivity contribution in [3.05, 3.63) is 0 Å². The molecule has 1 aliphatic heterocycles. The van der Waals surface area contributed by atoms with Gasteiger partial charge in [-0.1, -0.05) is 0 Å². The van der Waals surface area contributed by atoms with Gasteiger partial charge in [-0.3, -0.25) is 14.4 Å². The molecular weight excluding hydrogens is 264 g/mol. The molecule has 0 aromatic carbocycles. The average molecular weight is 286 g/mol. The fourth-order valence-corrected chi connectivity index (χ4v) is 2.24. The van der Waals surface area contributed by atoms with Gasteiger partial charge in [-0.05, 0) is 6.42 Å². The molecule has 0 aromatic heterocycles. The van der Waals surface area contributed by atoms with E-state index in [-0.39, 0.29) is 30.6 Å². The Balaban J connectivity index is 2.40. The lowest BCUT2D eigenvalue weighted by Gasteiger charge is -2.21. The number of hydrogen-bond acceptors (Lipinski definition) is 4. The molecule has 7 heteroatoms. The monoisotopic (exact) mass is 286 g/mol. The maximum absolute atomic E-state index is 12.2. The van der Waals surface area contributed by atoms with E-state index in [9.17, 15) is 14.4 Å². The normalized spacial score (nSPS) is 18.4. The minimum Gasteiger partial charge on any atom is -0.481 e. The number of ether oxygens (including phenoxy) is 1. The van der Waals surface area contributed by atoms with Gasteiger partial charge in [0, 0.05) is 46.6 Å². The largest absolute Gasteiger partial charge is 0.481 e. The van der Waals surface area contributed by atoms with Gasteiger partial charge in [-0.15, -0.1) is 0 Å². The summed E-state index contributed by atoms with van der Waals surface area (Å²) in [6, 6.07) is 0. The predicted octanol–water partition coefficient (Wildman–Crippen LogP) is -0.195. The molecule has 1 saturated heterocycles. The number of carboxylic acid groups (broad SMARTS) is 1. The molecule has 0 aromatic rings. The summed E-state index contributed by atoms with van der Waals surface area (Å²) in [7, 11) is 3.21. The van der Waals surface area contributed by atoms with Crippen molar-refractivity contribution in [3.8, 4) is 0 Å². The zero-order chi connectivity index (χ0) is 15.1. The minimum absolute atomic E-state index is 0.0284. The number of aliphatic carboxylic acids is 1. The van der Waals surface area contributed by atoms with Crippen molar-refractivity contribution in [2.24, 2.45) is 5.92 Å². The van der Waals surface area contributed by atoms with Crippen LogP contribution in [0.25, 0.3) is 0 Å². The van der Waals surface area contributed by atoms with Crippen LogP contribution in [-0.4, -0.2) is 73.1 Å². The Kier molecular flexibility index (Phi) is 6.44. The molecule has 1 aliphatic rings. The average Bonchev–Trinajstić information content (AvgIpc) is 2.76. The molecule has 0 saturated carbocycles. The first kappa shape index (κ1) is 16.4. The number of likely N-dealkylation sites (tertiary alicyclic amines) is 1. The number of carboxylic acids is 1. The molecule has 114 valence electrons. The Morgan fingerprint density at radius 2 is 2.20 bits per heavy atom. The van der Waals surface area contributed by atoms with Crippen molar-refractivity contribution in [1.29, 1.82) is 0 Å². The number of nitrogens with zero attached hydrogens (tertiary/aromatic N) is 2. The van der Waals surface area contributed by atoms with Gasteiger partial charge in [0.2, 0.25) is 11.8 Å². The SMILES string of the molecule is COCCN1CC(C(=O)N(C)CCCC(=O)O)CC1=O. The van der Waals surface area contributed by atoms with Gasteiger partial charge in [-0.2, -0.15) is 0 Å². The third-order valence-electron chi connectivity index (χ3n) is 3.39. The van der Waals surface area contributed by atoms with Gasteiger partial charge in [0.1, 0.15) is 0 Å². The van der Waals surface area contributed by atoms with E-state index in [2.05, 4.69) is 0 Å². The lowest BCUT2D eigenvalue weighted by molar-refractivity contribution is -0.138. The summed E-state index contributed by atoms with van der Waals surface area (Å²) in [6.45, 7) is 1.78. The van der Waals surface area contributed by atoms with Crippen LogP contribution >= 0.6 is 0 Å². The van der Waals surface area contributed by atoms with Crippen molar-refractivity contribution < 1.29 is 24.2 Å². The van der Waals surface area contributed by atoms with Gasteiger partial charge >= 0.3 is 5.97 Å². The smallest absolute Gasteiger partial charge is 0.303 e. The van der Waals surface area contributed by atoms with E-state index < -0.39 is 5.97 Å². The first-order valence-corrected chi connectivity index (χ1v) is 6.69. The van der Waals surface area contributed by atoms with Crippen LogP contribution < -0.4 is 0 Å². The van der Waals surface area contributed by atoms with E-state index in [1.807, 2.05) is 0 Å². The summed E-state index contributed by atoms with van der Waals surface area (Å²) in [5.74, 6) is -1.31. The summed E-state index contributed by atoms with van der Waals surface area (Å²) in [5.41, 5.74) is 0. The molecular formula is C13H22N2O5. The Morgan fingerprint density at radius 1 is 1.50 bits per heavy atom. The van der Waals surface area contributed by atoms with E-state index in [1.54, 1.807) is 19.1 Å². The Labute approximate surface area is 118 Å². The lowest BCUT2D eigenvalue weighted by atomic mass is 10.1. The number of methoxy groups -OCH3 is 1. The van der Waals surface area contributed by atoms with E-state index in [1.165, 1.54) is 4.90 Å². The highest BCUT2D eigenvalue weighted by Crippen LogP contribution is 2.19. The van der Waals surface area contributed by atoms with Gasteiger partial charge < -0.3 is 19.6 Å². The van der Waals surface area contributed by atoms with Crippen LogP contribution in [0.2, 0.25) is 0 Å². The molecule has 1 rings (SSSR count).